The molecule has 1 heterocycles. The van der Waals surface area contributed by atoms with Crippen LogP contribution in [-0.4, -0.2) is 35.4 Å². The summed E-state index contributed by atoms with van der Waals surface area (Å²) in [5.41, 5.74) is 0.608. The largest absolute Gasteiger partial charge is 0.395 e. The van der Waals surface area contributed by atoms with Crippen LogP contribution in [0.3, 0.4) is 0 Å². The molecule has 0 radical (unpaired) electrons. The van der Waals surface area contributed by atoms with Gasteiger partial charge in [-0.25, -0.2) is 13.4 Å². The Balaban J connectivity index is 2.52. The maximum atomic E-state index is 11.9. The minimum absolute atomic E-state index is 0.0983. The molecule has 1 aromatic carbocycles. The molecule has 0 spiro atoms. The number of rotatable bonds is 4. The number of nitrogens with zero attached hydrogens (tertiary/aromatic N) is 2. The Labute approximate surface area is 110 Å². The summed E-state index contributed by atoms with van der Waals surface area (Å²) in [6.07, 6.45) is 2.93. The fourth-order valence-electron chi connectivity index (χ4n) is 1.55. The zero-order valence-electron chi connectivity index (χ0n) is 9.32. The lowest BCUT2D eigenvalue weighted by atomic mass is 10.3. The Hall–Kier alpha value is -1.37. The van der Waals surface area contributed by atoms with Crippen molar-refractivity contribution < 1.29 is 13.5 Å². The molecule has 0 aliphatic carbocycles. The highest BCUT2D eigenvalue weighted by atomic mass is 35.5. The summed E-state index contributed by atoms with van der Waals surface area (Å²) >= 11 is 5.87. The number of aliphatic hydroxyl groups excluding tert-OH is 1. The molecule has 2 rings (SSSR count). The Morgan fingerprint density at radius 2 is 2.17 bits per heavy atom. The fourth-order valence-corrected chi connectivity index (χ4v) is 2.85. The number of benzene rings is 1. The summed E-state index contributed by atoms with van der Waals surface area (Å²) in [5.74, 6) is -0.357. The molecule has 0 bridgehead atoms. The molecule has 7 heteroatoms. The van der Waals surface area contributed by atoms with Crippen LogP contribution < -0.4 is 0 Å². The molecule has 0 aliphatic rings. The van der Waals surface area contributed by atoms with E-state index in [-0.39, 0.29) is 10.9 Å². The van der Waals surface area contributed by atoms with Crippen LogP contribution in [0.2, 0.25) is 5.02 Å². The number of sulfone groups is 1. The minimum Gasteiger partial charge on any atom is -0.395 e. The van der Waals surface area contributed by atoms with E-state index in [1.54, 1.807) is 24.3 Å². The zero-order valence-corrected chi connectivity index (χ0v) is 10.9. The zero-order chi connectivity index (χ0) is 13.2. The molecule has 0 aliphatic heterocycles. The highest BCUT2D eigenvalue weighted by Crippen LogP contribution is 2.19. The number of hydrogen-bond donors (Lipinski definition) is 1. The molecule has 1 aromatic heterocycles. The fraction of sp³-hybridized carbons (Fsp3) is 0.182. The maximum Gasteiger partial charge on any atom is 0.232 e. The van der Waals surface area contributed by atoms with Crippen molar-refractivity contribution in [3.63, 3.8) is 0 Å². The third-order valence-electron chi connectivity index (χ3n) is 2.33. The van der Waals surface area contributed by atoms with E-state index >= 15 is 0 Å². The molecular weight excluding hydrogens is 276 g/mol. The minimum atomic E-state index is -3.60. The van der Waals surface area contributed by atoms with E-state index in [1.807, 2.05) is 0 Å². The Kier molecular flexibility index (Phi) is 3.70. The first-order valence-electron chi connectivity index (χ1n) is 5.17. The number of imidazole rings is 1. The van der Waals surface area contributed by atoms with Crippen LogP contribution in [0.4, 0.5) is 0 Å². The number of halogens is 1. The van der Waals surface area contributed by atoms with Gasteiger partial charge in [-0.1, -0.05) is 17.7 Å². The second kappa shape index (κ2) is 5.09. The average molecular weight is 287 g/mol. The van der Waals surface area contributed by atoms with Crippen molar-refractivity contribution in [1.29, 1.82) is 0 Å². The lowest BCUT2D eigenvalue weighted by molar-refractivity contribution is 0.319. The molecule has 0 amide bonds. The van der Waals surface area contributed by atoms with Crippen LogP contribution in [0.15, 0.2) is 41.8 Å². The highest BCUT2D eigenvalue weighted by Gasteiger charge is 2.20. The van der Waals surface area contributed by atoms with E-state index in [0.717, 1.165) is 0 Å². The van der Waals surface area contributed by atoms with Crippen LogP contribution in [-0.2, 0) is 9.84 Å². The second-order valence-electron chi connectivity index (χ2n) is 3.60. The van der Waals surface area contributed by atoms with Gasteiger partial charge < -0.3 is 5.11 Å². The topological polar surface area (TPSA) is 72.2 Å². The molecule has 5 nitrogen and oxygen atoms in total. The SMILES string of the molecule is O=S(=O)(CCO)c1nccn1-c1cccc(Cl)c1. The lowest BCUT2D eigenvalue weighted by Gasteiger charge is -2.08. The molecule has 0 fully saturated rings. The third-order valence-corrected chi connectivity index (χ3v) is 4.14. The Morgan fingerprint density at radius 1 is 1.39 bits per heavy atom. The van der Waals surface area contributed by atoms with Crippen molar-refractivity contribution in [3.05, 3.63) is 41.7 Å². The summed E-state index contributed by atoms with van der Waals surface area (Å²) < 4.78 is 25.2. The van der Waals surface area contributed by atoms with Crippen molar-refractivity contribution in [2.24, 2.45) is 0 Å². The molecule has 0 saturated carbocycles. The van der Waals surface area contributed by atoms with Crippen LogP contribution in [0.1, 0.15) is 0 Å². The molecular formula is C11H11ClN2O3S. The van der Waals surface area contributed by atoms with Gasteiger partial charge in [0.25, 0.3) is 0 Å². The van der Waals surface area contributed by atoms with E-state index in [2.05, 4.69) is 4.98 Å². The lowest BCUT2D eigenvalue weighted by Crippen LogP contribution is -2.15. The summed E-state index contributed by atoms with van der Waals surface area (Å²) in [7, 11) is -3.60. The third kappa shape index (κ3) is 2.55. The summed E-state index contributed by atoms with van der Waals surface area (Å²) in [6.45, 7) is -0.440. The van der Waals surface area contributed by atoms with Gasteiger partial charge in [0.05, 0.1) is 12.4 Å². The highest BCUT2D eigenvalue weighted by molar-refractivity contribution is 7.91. The molecule has 0 saturated heterocycles. The van der Waals surface area contributed by atoms with E-state index in [1.165, 1.54) is 17.0 Å². The van der Waals surface area contributed by atoms with Gasteiger partial charge in [-0.05, 0) is 18.2 Å². The number of hydrogen-bond acceptors (Lipinski definition) is 4. The van der Waals surface area contributed by atoms with Gasteiger partial charge in [0.1, 0.15) is 0 Å². The summed E-state index contributed by atoms with van der Waals surface area (Å²) in [5, 5.41) is 9.18. The van der Waals surface area contributed by atoms with Gasteiger partial charge >= 0.3 is 0 Å². The smallest absolute Gasteiger partial charge is 0.232 e. The van der Waals surface area contributed by atoms with Crippen molar-refractivity contribution in [2.75, 3.05) is 12.4 Å². The first kappa shape index (κ1) is 13.1. The second-order valence-corrected chi connectivity index (χ2v) is 6.04. The molecule has 0 unspecified atom stereocenters. The maximum absolute atomic E-state index is 11.9. The predicted molar refractivity (Wildman–Crippen MR) is 67.7 cm³/mol. The van der Waals surface area contributed by atoms with Crippen LogP contribution in [0.25, 0.3) is 5.69 Å². The quantitative estimate of drug-likeness (QED) is 0.919. The number of aromatic nitrogens is 2. The van der Waals surface area contributed by atoms with Crippen molar-refractivity contribution >= 4 is 21.4 Å². The van der Waals surface area contributed by atoms with Crippen molar-refractivity contribution in [1.82, 2.24) is 9.55 Å². The first-order chi connectivity index (χ1) is 8.54. The standard InChI is InChI=1S/C11H11ClN2O3S/c12-9-2-1-3-10(8-9)14-5-4-13-11(14)18(16,17)7-6-15/h1-5,8,15H,6-7H2. The Morgan fingerprint density at radius 3 is 2.83 bits per heavy atom. The van der Waals surface area contributed by atoms with Crippen LogP contribution >= 0.6 is 11.6 Å². The van der Waals surface area contributed by atoms with Crippen LogP contribution in [0.5, 0.6) is 0 Å². The van der Waals surface area contributed by atoms with Gasteiger partial charge in [-0.2, -0.15) is 0 Å². The van der Waals surface area contributed by atoms with Gasteiger partial charge in [0.15, 0.2) is 0 Å². The van der Waals surface area contributed by atoms with Gasteiger partial charge in [0.2, 0.25) is 15.0 Å². The average Bonchev–Trinajstić information content (AvgIpc) is 2.78. The van der Waals surface area contributed by atoms with Crippen molar-refractivity contribution in [3.8, 4) is 5.69 Å². The van der Waals surface area contributed by atoms with Gasteiger partial charge in [-0.15, -0.1) is 0 Å². The van der Waals surface area contributed by atoms with Gasteiger partial charge in [-0.3, -0.25) is 4.57 Å². The molecule has 2 aromatic rings. The molecule has 96 valence electrons. The van der Waals surface area contributed by atoms with Crippen LogP contribution in [0, 0.1) is 0 Å². The van der Waals surface area contributed by atoms with Gasteiger partial charge in [0, 0.05) is 23.1 Å². The summed E-state index contributed by atoms with van der Waals surface area (Å²) in [6, 6.07) is 6.79. The normalized spacial score (nSPS) is 11.7. The molecule has 1 N–H and O–H groups in total. The predicted octanol–water partition coefficient (Wildman–Crippen LogP) is 1.29. The summed E-state index contributed by atoms with van der Waals surface area (Å²) in [4.78, 5) is 3.83. The first-order valence-corrected chi connectivity index (χ1v) is 7.20. The van der Waals surface area contributed by atoms with E-state index in [9.17, 15) is 8.42 Å². The van der Waals surface area contributed by atoms with E-state index in [0.29, 0.717) is 10.7 Å². The van der Waals surface area contributed by atoms with E-state index < -0.39 is 16.4 Å². The molecule has 0 atom stereocenters. The van der Waals surface area contributed by atoms with Crippen molar-refractivity contribution in [2.45, 2.75) is 5.16 Å². The van der Waals surface area contributed by atoms with E-state index in [4.69, 9.17) is 16.7 Å². The molecule has 18 heavy (non-hydrogen) atoms. The number of aliphatic hydroxyl groups is 1. The Bertz CT molecular complexity index is 652. The monoisotopic (exact) mass is 286 g/mol.